The molecule has 2 aromatic rings. The second-order valence-corrected chi connectivity index (χ2v) is 6.93. The highest BCUT2D eigenvalue weighted by Crippen LogP contribution is 2.31. The first kappa shape index (κ1) is 18.1. The average Bonchev–Trinajstić information content (AvgIpc) is 3.32. The summed E-state index contributed by atoms with van der Waals surface area (Å²) in [5.41, 5.74) is 0.815. The molecule has 0 spiro atoms. The molecular weight excluding hydrogens is 361 g/mol. The van der Waals surface area contributed by atoms with Crippen LogP contribution >= 0.6 is 11.5 Å². The van der Waals surface area contributed by atoms with E-state index in [0.29, 0.717) is 12.5 Å². The fourth-order valence-corrected chi connectivity index (χ4v) is 2.99. The molecule has 0 atom stereocenters. The van der Waals surface area contributed by atoms with Crippen LogP contribution in [-0.2, 0) is 6.61 Å². The first-order valence-corrected chi connectivity index (χ1v) is 8.87. The van der Waals surface area contributed by atoms with Crippen LogP contribution in [0.15, 0.2) is 18.2 Å². The number of nitrogens with zero attached hydrogens (tertiary/aromatic N) is 1. The number of aromatic nitrogens is 1. The van der Waals surface area contributed by atoms with E-state index < -0.39 is 17.8 Å². The van der Waals surface area contributed by atoms with Gasteiger partial charge in [-0.25, -0.2) is 14.0 Å². The van der Waals surface area contributed by atoms with Crippen LogP contribution in [0.4, 0.5) is 14.2 Å². The third-order valence-electron chi connectivity index (χ3n) is 3.92. The molecule has 0 saturated heterocycles. The number of urea groups is 1. The second-order valence-electron chi connectivity index (χ2n) is 6.16. The van der Waals surface area contributed by atoms with E-state index in [1.807, 2.05) is 0 Å². The number of amides is 2. The first-order valence-electron chi connectivity index (χ1n) is 8.09. The van der Waals surface area contributed by atoms with E-state index in [2.05, 4.69) is 15.0 Å². The zero-order chi connectivity index (χ0) is 18.7. The summed E-state index contributed by atoms with van der Waals surface area (Å²) in [4.78, 5) is 23.4. The normalized spacial score (nSPS) is 13.3. The molecule has 1 aliphatic rings. The van der Waals surface area contributed by atoms with Gasteiger partial charge in [0.05, 0.1) is 0 Å². The Balaban J connectivity index is 1.67. The molecule has 0 aliphatic heterocycles. The van der Waals surface area contributed by atoms with Gasteiger partial charge in [0.25, 0.3) is 0 Å². The third-order valence-corrected chi connectivity index (χ3v) is 4.67. The van der Waals surface area contributed by atoms with Gasteiger partial charge < -0.3 is 15.2 Å². The van der Waals surface area contributed by atoms with Gasteiger partial charge in [-0.1, -0.05) is 12.1 Å². The maximum atomic E-state index is 13.9. The fraction of sp³-hybridized carbons (Fsp3) is 0.353. The van der Waals surface area contributed by atoms with E-state index in [1.165, 1.54) is 6.07 Å². The lowest BCUT2D eigenvalue weighted by Crippen LogP contribution is -2.30. The number of aromatic carboxylic acids is 1. The highest BCUT2D eigenvalue weighted by molar-refractivity contribution is 7.11. The number of rotatable bonds is 7. The molecule has 1 saturated carbocycles. The molecule has 1 aromatic carbocycles. The Kier molecular flexibility index (Phi) is 5.36. The molecule has 1 fully saturated rings. The van der Waals surface area contributed by atoms with E-state index in [-0.39, 0.29) is 28.6 Å². The number of hydrogen-bond donors (Lipinski definition) is 3. The minimum absolute atomic E-state index is 0.0742. The summed E-state index contributed by atoms with van der Waals surface area (Å²) in [7, 11) is 0. The molecule has 138 valence electrons. The quantitative estimate of drug-likeness (QED) is 0.685. The third kappa shape index (κ3) is 4.48. The second kappa shape index (κ2) is 7.69. The summed E-state index contributed by atoms with van der Waals surface area (Å²) in [6.07, 6.45) is 2.18. The topological polar surface area (TPSA) is 101 Å². The highest BCUT2D eigenvalue weighted by Gasteiger charge is 2.25. The van der Waals surface area contributed by atoms with Crippen LogP contribution in [0.2, 0.25) is 0 Å². The maximum Gasteiger partial charge on any atom is 0.344 e. The van der Waals surface area contributed by atoms with Crippen molar-refractivity contribution in [2.45, 2.75) is 26.4 Å². The number of nitrogens with one attached hydrogen (secondary N) is 2. The number of aryl methyl sites for hydroxylation is 1. The zero-order valence-corrected chi connectivity index (χ0v) is 14.9. The number of anilines is 1. The van der Waals surface area contributed by atoms with Gasteiger partial charge in [-0.15, -0.1) is 0 Å². The highest BCUT2D eigenvalue weighted by atomic mass is 32.1. The lowest BCUT2D eigenvalue weighted by molar-refractivity contribution is 0.0693. The standard InChI is InChI=1S/C17H18FN3O4S/c1-9-2-5-11(12(18)6-9)8-25-14-13(16(22)23)15(26-21-14)20-17(24)19-7-10-3-4-10/h2,5-6,10H,3-4,7-8H2,1H3,(H,22,23)(H2,19,20,24). The van der Waals surface area contributed by atoms with Crippen LogP contribution < -0.4 is 15.4 Å². The Labute approximate surface area is 153 Å². The van der Waals surface area contributed by atoms with Crippen molar-refractivity contribution in [3.05, 3.63) is 40.7 Å². The number of ether oxygens (including phenoxy) is 1. The van der Waals surface area contributed by atoms with Crippen molar-refractivity contribution in [1.29, 1.82) is 0 Å². The number of carboxylic acid groups (broad SMARTS) is 1. The number of carboxylic acids is 1. The molecular formula is C17H18FN3O4S. The van der Waals surface area contributed by atoms with Gasteiger partial charge in [-0.2, -0.15) is 4.37 Å². The Bertz CT molecular complexity index is 835. The van der Waals surface area contributed by atoms with E-state index in [0.717, 1.165) is 29.9 Å². The number of carbonyl (C=O) groups excluding carboxylic acids is 1. The molecule has 0 unspecified atom stereocenters. The van der Waals surface area contributed by atoms with Crippen molar-refractivity contribution in [3.8, 4) is 5.88 Å². The Morgan fingerprint density at radius 2 is 2.19 bits per heavy atom. The molecule has 2 amide bonds. The molecule has 0 bridgehead atoms. The van der Waals surface area contributed by atoms with Crippen LogP contribution in [-0.4, -0.2) is 28.0 Å². The largest absolute Gasteiger partial charge is 0.477 e. The van der Waals surface area contributed by atoms with E-state index in [1.54, 1.807) is 19.1 Å². The van der Waals surface area contributed by atoms with Gasteiger partial charge in [-0.05, 0) is 48.8 Å². The molecule has 1 aromatic heterocycles. The van der Waals surface area contributed by atoms with Crippen molar-refractivity contribution in [2.75, 3.05) is 11.9 Å². The summed E-state index contributed by atoms with van der Waals surface area (Å²) in [5.74, 6) is -1.37. The maximum absolute atomic E-state index is 13.9. The van der Waals surface area contributed by atoms with Gasteiger partial charge in [0.1, 0.15) is 17.4 Å². The molecule has 1 aliphatic carbocycles. The molecule has 3 rings (SSSR count). The number of benzene rings is 1. The van der Waals surface area contributed by atoms with E-state index in [4.69, 9.17) is 4.74 Å². The number of carbonyl (C=O) groups is 2. The van der Waals surface area contributed by atoms with Crippen LogP contribution in [0, 0.1) is 18.7 Å². The fourth-order valence-electron chi connectivity index (χ4n) is 2.27. The summed E-state index contributed by atoms with van der Waals surface area (Å²) in [6.45, 7) is 2.16. The number of hydrogen-bond acceptors (Lipinski definition) is 5. The van der Waals surface area contributed by atoms with Crippen LogP contribution in [0.1, 0.15) is 34.3 Å². The minimum atomic E-state index is -1.28. The lowest BCUT2D eigenvalue weighted by Gasteiger charge is -2.08. The molecule has 3 N–H and O–H groups in total. The molecule has 9 heteroatoms. The monoisotopic (exact) mass is 379 g/mol. The Morgan fingerprint density at radius 3 is 2.85 bits per heavy atom. The molecule has 0 radical (unpaired) electrons. The zero-order valence-electron chi connectivity index (χ0n) is 14.0. The first-order chi connectivity index (χ1) is 12.4. The predicted octanol–water partition coefficient (Wildman–Crippen LogP) is 3.40. The van der Waals surface area contributed by atoms with Gasteiger partial charge in [-0.3, -0.25) is 5.32 Å². The van der Waals surface area contributed by atoms with Gasteiger partial charge in [0.2, 0.25) is 5.88 Å². The summed E-state index contributed by atoms with van der Waals surface area (Å²) >= 11 is 0.803. The Hall–Kier alpha value is -2.68. The summed E-state index contributed by atoms with van der Waals surface area (Å²) in [6, 6.07) is 4.19. The minimum Gasteiger partial charge on any atom is -0.477 e. The van der Waals surface area contributed by atoms with Crippen molar-refractivity contribution in [2.24, 2.45) is 5.92 Å². The van der Waals surface area contributed by atoms with Crippen molar-refractivity contribution in [3.63, 3.8) is 0 Å². The van der Waals surface area contributed by atoms with Gasteiger partial charge in [0, 0.05) is 12.1 Å². The van der Waals surface area contributed by atoms with Crippen LogP contribution in [0.5, 0.6) is 5.88 Å². The smallest absolute Gasteiger partial charge is 0.344 e. The predicted molar refractivity (Wildman–Crippen MR) is 94.3 cm³/mol. The lowest BCUT2D eigenvalue weighted by atomic mass is 10.1. The summed E-state index contributed by atoms with van der Waals surface area (Å²) < 4.78 is 23.2. The average molecular weight is 379 g/mol. The van der Waals surface area contributed by atoms with Crippen molar-refractivity contribution >= 4 is 28.5 Å². The van der Waals surface area contributed by atoms with Crippen molar-refractivity contribution in [1.82, 2.24) is 9.69 Å². The SMILES string of the molecule is Cc1ccc(COc2nsc(NC(=O)NCC3CC3)c2C(=O)O)c(F)c1. The van der Waals surface area contributed by atoms with Crippen LogP contribution in [0.25, 0.3) is 0 Å². The van der Waals surface area contributed by atoms with Crippen molar-refractivity contribution < 1.29 is 23.8 Å². The van der Waals surface area contributed by atoms with Gasteiger partial charge in [0.15, 0.2) is 5.56 Å². The molecule has 26 heavy (non-hydrogen) atoms. The molecule has 1 heterocycles. The van der Waals surface area contributed by atoms with E-state index in [9.17, 15) is 19.1 Å². The van der Waals surface area contributed by atoms with Crippen LogP contribution in [0.3, 0.4) is 0 Å². The summed E-state index contributed by atoms with van der Waals surface area (Å²) in [5, 5.41) is 14.6. The van der Waals surface area contributed by atoms with Gasteiger partial charge >= 0.3 is 12.0 Å². The number of halogens is 1. The molecule has 7 nitrogen and oxygen atoms in total. The van der Waals surface area contributed by atoms with E-state index >= 15 is 0 Å². The Morgan fingerprint density at radius 1 is 1.42 bits per heavy atom.